The Morgan fingerprint density at radius 3 is 1.70 bits per heavy atom. The summed E-state index contributed by atoms with van der Waals surface area (Å²) < 4.78 is 11.3. The molecule has 12 aromatic rings. The summed E-state index contributed by atoms with van der Waals surface area (Å²) in [5.74, 6) is 1.98. The maximum Gasteiger partial charge on any atom is 0.164 e. The number of para-hydroxylation sites is 1. The van der Waals surface area contributed by atoms with Gasteiger partial charge in [0.15, 0.2) is 17.5 Å². The minimum absolute atomic E-state index is 0.657. The van der Waals surface area contributed by atoms with Gasteiger partial charge in [-0.25, -0.2) is 15.0 Å². The minimum Gasteiger partial charge on any atom is -0.456 e. The highest BCUT2D eigenvalue weighted by Gasteiger charge is 2.20. The van der Waals surface area contributed by atoms with Crippen molar-refractivity contribution in [2.45, 2.75) is 0 Å². The van der Waals surface area contributed by atoms with Crippen LogP contribution in [0.2, 0.25) is 0 Å². The Morgan fingerprint density at radius 2 is 0.895 bits per heavy atom. The van der Waals surface area contributed by atoms with Crippen molar-refractivity contribution in [3.05, 3.63) is 176 Å². The molecule has 0 fully saturated rings. The van der Waals surface area contributed by atoms with Crippen molar-refractivity contribution in [1.82, 2.24) is 15.0 Å². The molecule has 8 aromatic carbocycles. The van der Waals surface area contributed by atoms with Crippen molar-refractivity contribution in [2.24, 2.45) is 0 Å². The number of benzene rings is 8. The first kappa shape index (κ1) is 32.3. The molecule has 0 spiro atoms. The fraction of sp³-hybridized carbons (Fsp3) is 0. The summed E-state index contributed by atoms with van der Waals surface area (Å²) >= 11 is 3.67. The van der Waals surface area contributed by atoms with E-state index in [-0.39, 0.29) is 0 Å². The Kier molecular flexibility index (Phi) is 7.24. The van der Waals surface area contributed by atoms with Gasteiger partial charge in [0.2, 0.25) is 0 Å². The van der Waals surface area contributed by atoms with Crippen LogP contribution in [0.5, 0.6) is 0 Å². The number of hydrogen-bond acceptors (Lipinski definition) is 6. The highest BCUT2D eigenvalue weighted by atomic mass is 32.1. The van der Waals surface area contributed by atoms with Gasteiger partial charge in [0.05, 0.1) is 0 Å². The number of rotatable bonds is 5. The van der Waals surface area contributed by atoms with Crippen LogP contribution in [-0.2, 0) is 0 Å². The first-order valence-corrected chi connectivity index (χ1v) is 20.6. The van der Waals surface area contributed by atoms with Crippen molar-refractivity contribution in [3.8, 4) is 56.4 Å². The largest absolute Gasteiger partial charge is 0.456 e. The maximum absolute atomic E-state index is 6.33. The van der Waals surface area contributed by atoms with Crippen LogP contribution in [0.4, 0.5) is 0 Å². The Hall–Kier alpha value is -6.99. The molecule has 0 aliphatic heterocycles. The van der Waals surface area contributed by atoms with E-state index in [0.29, 0.717) is 17.5 Å². The summed E-state index contributed by atoms with van der Waals surface area (Å²) in [6.45, 7) is 0. The van der Waals surface area contributed by atoms with Gasteiger partial charge in [-0.2, -0.15) is 0 Å². The number of thiophene rings is 2. The van der Waals surface area contributed by atoms with Gasteiger partial charge in [0, 0.05) is 67.8 Å². The van der Waals surface area contributed by atoms with Gasteiger partial charge in [-0.3, -0.25) is 0 Å². The maximum atomic E-state index is 6.33. The lowest BCUT2D eigenvalue weighted by molar-refractivity contribution is 0.669. The highest BCUT2D eigenvalue weighted by Crippen LogP contribution is 2.47. The highest BCUT2D eigenvalue weighted by molar-refractivity contribution is 7.26. The number of furan rings is 1. The van der Waals surface area contributed by atoms with Crippen LogP contribution in [0, 0.1) is 0 Å². The molecule has 0 amide bonds. The molecule has 0 aliphatic carbocycles. The lowest BCUT2D eigenvalue weighted by Crippen LogP contribution is -2.00. The molecule has 0 radical (unpaired) electrons. The Labute approximate surface area is 335 Å². The quantitative estimate of drug-likeness (QED) is 0.175. The van der Waals surface area contributed by atoms with E-state index in [2.05, 4.69) is 133 Å². The third-order valence-electron chi connectivity index (χ3n) is 10.9. The molecule has 0 unspecified atom stereocenters. The van der Waals surface area contributed by atoms with Gasteiger partial charge in [-0.1, -0.05) is 133 Å². The second-order valence-electron chi connectivity index (χ2n) is 14.3. The lowest BCUT2D eigenvalue weighted by atomic mass is 9.92. The molecule has 0 N–H and O–H groups in total. The van der Waals surface area contributed by atoms with Crippen molar-refractivity contribution < 1.29 is 4.42 Å². The van der Waals surface area contributed by atoms with Gasteiger partial charge in [0.25, 0.3) is 0 Å². The smallest absolute Gasteiger partial charge is 0.164 e. The van der Waals surface area contributed by atoms with E-state index in [4.69, 9.17) is 19.4 Å². The second kappa shape index (κ2) is 12.8. The van der Waals surface area contributed by atoms with E-state index in [1.807, 2.05) is 65.1 Å². The van der Waals surface area contributed by atoms with E-state index >= 15 is 0 Å². The summed E-state index contributed by atoms with van der Waals surface area (Å²) in [6, 6.07) is 62.0. The Bertz CT molecular complexity index is 3470. The van der Waals surface area contributed by atoms with Gasteiger partial charge in [-0.15, -0.1) is 22.7 Å². The molecule has 0 saturated carbocycles. The minimum atomic E-state index is 0.657. The Morgan fingerprint density at radius 1 is 0.316 bits per heavy atom. The van der Waals surface area contributed by atoms with Gasteiger partial charge >= 0.3 is 0 Å². The fourth-order valence-corrected chi connectivity index (χ4v) is 10.7. The zero-order valence-electron chi connectivity index (χ0n) is 30.3. The van der Waals surface area contributed by atoms with E-state index in [1.54, 1.807) is 0 Å². The van der Waals surface area contributed by atoms with Crippen LogP contribution in [0.1, 0.15) is 0 Å². The van der Waals surface area contributed by atoms with E-state index in [0.717, 1.165) is 44.0 Å². The zero-order chi connectivity index (χ0) is 37.5. The SMILES string of the molecule is c1ccc(-c2nc(-c3ccccc3)nc(-c3cccc4sc5cc(-c6cc(-c7cccc8oc9ccccc9c78)cc7sc8ccccc8c67)ccc5c34)n2)cc1. The van der Waals surface area contributed by atoms with Crippen molar-refractivity contribution in [1.29, 1.82) is 0 Å². The zero-order valence-corrected chi connectivity index (χ0v) is 31.9. The van der Waals surface area contributed by atoms with Crippen LogP contribution < -0.4 is 0 Å². The molecule has 4 nitrogen and oxygen atoms in total. The summed E-state index contributed by atoms with van der Waals surface area (Å²) in [6.07, 6.45) is 0. The van der Waals surface area contributed by atoms with E-state index < -0.39 is 0 Å². The third kappa shape index (κ3) is 5.22. The van der Waals surface area contributed by atoms with Crippen molar-refractivity contribution >= 4 is 85.0 Å². The van der Waals surface area contributed by atoms with Crippen LogP contribution in [0.3, 0.4) is 0 Å². The van der Waals surface area contributed by atoms with E-state index in [1.165, 1.54) is 57.2 Å². The lowest BCUT2D eigenvalue weighted by Gasteiger charge is -2.11. The molecule has 4 heterocycles. The number of hydrogen-bond donors (Lipinski definition) is 0. The molecule has 266 valence electrons. The van der Waals surface area contributed by atoms with Crippen LogP contribution in [-0.4, -0.2) is 15.0 Å². The molecular weight excluding hydrogens is 735 g/mol. The fourth-order valence-electron chi connectivity index (χ4n) is 8.36. The molecule has 0 saturated heterocycles. The normalized spacial score (nSPS) is 11.9. The number of fused-ring (bicyclic) bond motifs is 9. The molecule has 0 aliphatic rings. The second-order valence-corrected chi connectivity index (χ2v) is 16.5. The molecule has 12 rings (SSSR count). The molecule has 0 bridgehead atoms. The third-order valence-corrected chi connectivity index (χ3v) is 13.2. The average Bonchev–Trinajstić information content (AvgIpc) is 3.97. The summed E-state index contributed by atoms with van der Waals surface area (Å²) in [7, 11) is 0. The summed E-state index contributed by atoms with van der Waals surface area (Å²) in [4.78, 5) is 15.2. The summed E-state index contributed by atoms with van der Waals surface area (Å²) in [5.41, 5.74) is 9.48. The van der Waals surface area contributed by atoms with Gasteiger partial charge < -0.3 is 4.42 Å². The first-order valence-electron chi connectivity index (χ1n) is 18.9. The number of aromatic nitrogens is 3. The molecule has 57 heavy (non-hydrogen) atoms. The Balaban J connectivity index is 1.07. The molecule has 6 heteroatoms. The average molecular weight is 764 g/mol. The van der Waals surface area contributed by atoms with Crippen molar-refractivity contribution in [3.63, 3.8) is 0 Å². The number of nitrogens with zero attached hydrogens (tertiary/aromatic N) is 3. The molecule has 4 aromatic heterocycles. The van der Waals surface area contributed by atoms with Gasteiger partial charge in [-0.05, 0) is 64.7 Å². The van der Waals surface area contributed by atoms with Crippen molar-refractivity contribution in [2.75, 3.05) is 0 Å². The first-order chi connectivity index (χ1) is 28.2. The standard InChI is InChI=1S/C51H29N3OS2/c1-3-13-30(14-4-1)49-52-50(31-15-5-2-6-16-31)54-51(53-49)38-20-12-24-43-47(38)37-26-25-32(28-44(37)57-43)39-27-33(29-45-48(39)36-18-8-10-23-42(36)56-45)34-19-11-22-41-46(34)35-17-7-9-21-40(35)55-41/h1-29H. The summed E-state index contributed by atoms with van der Waals surface area (Å²) in [5, 5.41) is 7.20. The molecule has 0 atom stereocenters. The molecular formula is C51H29N3OS2. The van der Waals surface area contributed by atoms with Gasteiger partial charge in [0.1, 0.15) is 11.2 Å². The van der Waals surface area contributed by atoms with Crippen LogP contribution >= 0.6 is 22.7 Å². The predicted molar refractivity (Wildman–Crippen MR) is 240 cm³/mol. The van der Waals surface area contributed by atoms with E-state index in [9.17, 15) is 0 Å². The monoisotopic (exact) mass is 763 g/mol. The van der Waals surface area contributed by atoms with Crippen LogP contribution in [0.15, 0.2) is 180 Å². The van der Waals surface area contributed by atoms with Crippen LogP contribution in [0.25, 0.3) is 119 Å². The topological polar surface area (TPSA) is 51.8 Å². The predicted octanol–water partition coefficient (Wildman–Crippen LogP) is 14.8.